The Labute approximate surface area is 151 Å². The number of aliphatic imine (C=N–C) groups is 1. The minimum absolute atomic E-state index is 0.0420. The summed E-state index contributed by atoms with van der Waals surface area (Å²) in [6, 6.07) is 7.56. The molecule has 1 aromatic rings. The summed E-state index contributed by atoms with van der Waals surface area (Å²) in [5, 5.41) is 9.37. The van der Waals surface area contributed by atoms with Crippen molar-refractivity contribution >= 4 is 11.9 Å². The van der Waals surface area contributed by atoms with Crippen LogP contribution in [0.3, 0.4) is 0 Å². The topological polar surface area (TPSA) is 74.8 Å². The molecule has 0 aliphatic rings. The maximum atomic E-state index is 11.8. The Kier molecular flexibility index (Phi) is 11.1. The molecule has 1 rings (SSSR count). The molecule has 0 aliphatic heterocycles. The van der Waals surface area contributed by atoms with Crippen LogP contribution < -0.4 is 16.0 Å². The van der Waals surface area contributed by atoms with Gasteiger partial charge in [0.1, 0.15) is 0 Å². The highest BCUT2D eigenvalue weighted by molar-refractivity contribution is 5.94. The third kappa shape index (κ3) is 9.10. The molecule has 0 heterocycles. The van der Waals surface area contributed by atoms with Gasteiger partial charge < -0.3 is 20.7 Å². The molecule has 25 heavy (non-hydrogen) atoms. The van der Waals surface area contributed by atoms with Crippen molar-refractivity contribution < 1.29 is 9.53 Å². The Hall–Kier alpha value is -2.08. The van der Waals surface area contributed by atoms with Gasteiger partial charge in [-0.15, -0.1) is 0 Å². The van der Waals surface area contributed by atoms with E-state index < -0.39 is 0 Å². The van der Waals surface area contributed by atoms with Crippen molar-refractivity contribution in [2.45, 2.75) is 40.2 Å². The van der Waals surface area contributed by atoms with Crippen LogP contribution in [-0.2, 0) is 11.3 Å². The molecule has 0 radical (unpaired) electrons. The van der Waals surface area contributed by atoms with Gasteiger partial charge in [0.25, 0.3) is 5.91 Å². The van der Waals surface area contributed by atoms with E-state index in [0.717, 1.165) is 50.7 Å². The number of unbranched alkanes of at least 4 members (excludes halogenated alkanes) is 1. The summed E-state index contributed by atoms with van der Waals surface area (Å²) < 4.78 is 5.33. The highest BCUT2D eigenvalue weighted by Crippen LogP contribution is 2.06. The summed E-state index contributed by atoms with van der Waals surface area (Å²) in [6.45, 7) is 10.4. The van der Waals surface area contributed by atoms with Crippen LogP contribution in [-0.4, -0.2) is 44.7 Å². The Morgan fingerprint density at radius 3 is 2.36 bits per heavy atom. The number of nitrogens with one attached hydrogen (secondary N) is 3. The zero-order valence-corrected chi connectivity index (χ0v) is 15.7. The third-order valence-electron chi connectivity index (χ3n) is 3.53. The molecule has 1 aromatic carbocycles. The summed E-state index contributed by atoms with van der Waals surface area (Å²) in [5.41, 5.74) is 1.75. The molecule has 140 valence electrons. The van der Waals surface area contributed by atoms with Gasteiger partial charge in [-0.2, -0.15) is 0 Å². The lowest BCUT2D eigenvalue weighted by Crippen LogP contribution is -2.37. The summed E-state index contributed by atoms with van der Waals surface area (Å²) in [7, 11) is 0. The zero-order chi connectivity index (χ0) is 18.3. The van der Waals surface area contributed by atoms with Crippen molar-refractivity contribution in [3.63, 3.8) is 0 Å². The van der Waals surface area contributed by atoms with E-state index in [-0.39, 0.29) is 5.91 Å². The van der Waals surface area contributed by atoms with Crippen molar-refractivity contribution in [2.24, 2.45) is 4.99 Å². The molecule has 0 atom stereocenters. The van der Waals surface area contributed by atoms with Gasteiger partial charge in [-0.3, -0.25) is 4.79 Å². The molecule has 3 N–H and O–H groups in total. The van der Waals surface area contributed by atoms with E-state index in [1.54, 1.807) is 0 Å². The lowest BCUT2D eigenvalue weighted by atomic mass is 10.1. The van der Waals surface area contributed by atoms with Gasteiger partial charge in [0.2, 0.25) is 0 Å². The number of hydrogen-bond donors (Lipinski definition) is 3. The second kappa shape index (κ2) is 13.2. The van der Waals surface area contributed by atoms with Crippen LogP contribution in [0.5, 0.6) is 0 Å². The number of ether oxygens (including phenoxy) is 1. The number of rotatable bonds is 11. The van der Waals surface area contributed by atoms with Gasteiger partial charge in [0.05, 0.1) is 6.54 Å². The quantitative estimate of drug-likeness (QED) is 0.326. The summed E-state index contributed by atoms with van der Waals surface area (Å²) in [4.78, 5) is 16.3. The lowest BCUT2D eigenvalue weighted by Gasteiger charge is -2.11. The molecule has 1 amide bonds. The Balaban J connectivity index is 2.46. The fourth-order valence-corrected chi connectivity index (χ4v) is 2.22. The average Bonchev–Trinajstić information content (AvgIpc) is 2.63. The molecule has 0 bridgehead atoms. The molecule has 6 heteroatoms. The van der Waals surface area contributed by atoms with Crippen molar-refractivity contribution in [3.8, 4) is 0 Å². The first-order chi connectivity index (χ1) is 12.2. The fourth-order valence-electron chi connectivity index (χ4n) is 2.22. The van der Waals surface area contributed by atoms with Crippen LogP contribution in [0.15, 0.2) is 29.3 Å². The predicted octanol–water partition coefficient (Wildman–Crippen LogP) is 2.31. The number of amides is 1. The monoisotopic (exact) mass is 348 g/mol. The number of hydrogen-bond acceptors (Lipinski definition) is 3. The normalized spacial score (nSPS) is 11.2. The lowest BCUT2D eigenvalue weighted by molar-refractivity contribution is 0.0956. The van der Waals surface area contributed by atoms with Crippen LogP contribution in [0.1, 0.15) is 49.5 Å². The minimum atomic E-state index is -0.0420. The van der Waals surface area contributed by atoms with Crippen molar-refractivity contribution in [3.05, 3.63) is 35.4 Å². The maximum Gasteiger partial charge on any atom is 0.251 e. The number of nitrogens with zero attached hydrogens (tertiary/aromatic N) is 1. The molecule has 6 nitrogen and oxygen atoms in total. The fraction of sp³-hybridized carbons (Fsp3) is 0.579. The average molecular weight is 348 g/mol. The second-order valence-corrected chi connectivity index (χ2v) is 5.58. The summed E-state index contributed by atoms with van der Waals surface area (Å²) >= 11 is 0. The molecule has 0 fully saturated rings. The van der Waals surface area contributed by atoms with Crippen molar-refractivity contribution in [2.75, 3.05) is 32.8 Å². The predicted molar refractivity (Wildman–Crippen MR) is 103 cm³/mol. The van der Waals surface area contributed by atoms with E-state index in [9.17, 15) is 4.79 Å². The number of benzene rings is 1. The highest BCUT2D eigenvalue weighted by atomic mass is 16.5. The van der Waals surface area contributed by atoms with Gasteiger partial charge >= 0.3 is 0 Å². The summed E-state index contributed by atoms with van der Waals surface area (Å²) in [5.74, 6) is 0.770. The van der Waals surface area contributed by atoms with Crippen molar-refractivity contribution in [1.29, 1.82) is 0 Å². The molecular weight excluding hydrogens is 316 g/mol. The minimum Gasteiger partial charge on any atom is -0.382 e. The second-order valence-electron chi connectivity index (χ2n) is 5.58. The molecule has 0 aromatic heterocycles. The van der Waals surface area contributed by atoms with Gasteiger partial charge in [-0.1, -0.05) is 12.1 Å². The molecular formula is C19H32N4O2. The molecule has 0 aliphatic carbocycles. The van der Waals surface area contributed by atoms with E-state index >= 15 is 0 Å². The highest BCUT2D eigenvalue weighted by Gasteiger charge is 2.03. The van der Waals surface area contributed by atoms with Gasteiger partial charge in [0, 0.05) is 38.4 Å². The van der Waals surface area contributed by atoms with Gasteiger partial charge in [-0.25, -0.2) is 4.99 Å². The Bertz CT molecular complexity index is 515. The van der Waals surface area contributed by atoms with Crippen LogP contribution >= 0.6 is 0 Å². The van der Waals surface area contributed by atoms with Gasteiger partial charge in [-0.05, 0) is 51.3 Å². The smallest absolute Gasteiger partial charge is 0.251 e. The van der Waals surface area contributed by atoms with E-state index in [1.807, 2.05) is 45.0 Å². The number of carbonyl (C=O) groups excluding carboxylic acids is 1. The largest absolute Gasteiger partial charge is 0.382 e. The number of guanidine groups is 1. The first-order valence-electron chi connectivity index (χ1n) is 9.18. The van der Waals surface area contributed by atoms with Crippen molar-refractivity contribution in [1.82, 2.24) is 16.0 Å². The maximum absolute atomic E-state index is 11.8. The van der Waals surface area contributed by atoms with Crippen LogP contribution in [0.4, 0.5) is 0 Å². The Morgan fingerprint density at radius 2 is 1.72 bits per heavy atom. The molecule has 0 spiro atoms. The van der Waals surface area contributed by atoms with E-state index in [2.05, 4.69) is 20.9 Å². The first-order valence-corrected chi connectivity index (χ1v) is 9.18. The molecule has 0 unspecified atom stereocenters. The third-order valence-corrected chi connectivity index (χ3v) is 3.53. The molecule has 0 saturated heterocycles. The SMILES string of the molecule is CCNC(=O)c1ccc(CN=C(NCC)NCCCCOCC)cc1. The van der Waals surface area contributed by atoms with Gasteiger partial charge in [0.15, 0.2) is 5.96 Å². The van der Waals surface area contributed by atoms with E-state index in [4.69, 9.17) is 4.74 Å². The zero-order valence-electron chi connectivity index (χ0n) is 15.7. The van der Waals surface area contributed by atoms with E-state index in [1.165, 1.54) is 0 Å². The summed E-state index contributed by atoms with van der Waals surface area (Å²) in [6.07, 6.45) is 2.09. The molecule has 0 saturated carbocycles. The standard InChI is InChI=1S/C19H32N4O2/c1-4-20-18(24)17-11-9-16(10-12-17)15-23-19(21-5-2)22-13-7-8-14-25-6-3/h9-12H,4-8,13-15H2,1-3H3,(H,20,24)(H2,21,22,23). The van der Waals surface area contributed by atoms with E-state index in [0.29, 0.717) is 18.7 Å². The van der Waals surface area contributed by atoms with Crippen LogP contribution in [0.25, 0.3) is 0 Å². The Morgan fingerprint density at radius 1 is 1.00 bits per heavy atom. The first kappa shape index (κ1) is 21.0. The number of carbonyl (C=O) groups is 1. The van der Waals surface area contributed by atoms with Crippen LogP contribution in [0.2, 0.25) is 0 Å². The van der Waals surface area contributed by atoms with Crippen LogP contribution in [0, 0.1) is 0 Å².